The molecule has 0 aliphatic carbocycles. The maximum Gasteiger partial charge on any atom is 0.490 e. The van der Waals surface area contributed by atoms with Crippen LogP contribution in [-0.4, -0.2) is 49.6 Å². The zero-order valence-corrected chi connectivity index (χ0v) is 14.8. The summed E-state index contributed by atoms with van der Waals surface area (Å²) in [5.74, 6) is 0.0844. The molecule has 1 aliphatic heterocycles. The molecule has 0 amide bonds. The van der Waals surface area contributed by atoms with Gasteiger partial charge in [0, 0.05) is 6.42 Å². The molecule has 1 saturated heterocycles. The van der Waals surface area contributed by atoms with Crippen LogP contribution in [-0.2, 0) is 31.6 Å². The maximum atomic E-state index is 11.5. The van der Waals surface area contributed by atoms with Crippen molar-refractivity contribution in [3.05, 3.63) is 0 Å². The number of aliphatic hydroxyl groups excluding tert-OH is 1. The topological polar surface area (TPSA) is 189 Å². The van der Waals surface area contributed by atoms with E-state index >= 15 is 0 Å². The van der Waals surface area contributed by atoms with Crippen molar-refractivity contribution in [2.75, 3.05) is 6.61 Å². The summed E-state index contributed by atoms with van der Waals surface area (Å²) in [7, 11) is -16.2. The molecule has 15 heteroatoms. The molecule has 0 aromatic heterocycles. The summed E-state index contributed by atoms with van der Waals surface area (Å²) in [6, 6.07) is 0. The molecule has 5 atom stereocenters. The molecule has 5 N–H and O–H groups in total. The highest BCUT2D eigenvalue weighted by molar-refractivity contribution is 7.66. The van der Waals surface area contributed by atoms with E-state index in [2.05, 4.69) is 13.1 Å². The third-order valence-electron chi connectivity index (χ3n) is 2.81. The van der Waals surface area contributed by atoms with Crippen molar-refractivity contribution in [1.29, 1.82) is 0 Å². The Kier molecular flexibility index (Phi) is 7.15. The highest BCUT2D eigenvalue weighted by Crippen LogP contribution is 2.66. The Morgan fingerprint density at radius 3 is 2.09 bits per heavy atom. The first-order valence-electron chi connectivity index (χ1n) is 6.32. The van der Waals surface area contributed by atoms with Crippen LogP contribution in [0, 0.1) is 5.92 Å². The van der Waals surface area contributed by atoms with Crippen LogP contribution >= 0.6 is 23.5 Å². The van der Waals surface area contributed by atoms with E-state index in [9.17, 15) is 23.7 Å². The first-order chi connectivity index (χ1) is 10.2. The molecule has 0 radical (unpaired) electrons. The summed E-state index contributed by atoms with van der Waals surface area (Å²) in [5, 5.41) is 9.74. The van der Waals surface area contributed by atoms with E-state index in [1.165, 1.54) is 0 Å². The minimum atomic E-state index is -5.54. The lowest BCUT2D eigenvalue weighted by atomic mass is 10.0. The van der Waals surface area contributed by atoms with Gasteiger partial charge in [-0.25, -0.2) is 13.7 Å². The minimum absolute atomic E-state index is 0.0844. The molecule has 0 spiro atoms. The number of phosphoric ester groups is 1. The number of rotatable bonds is 8. The molecule has 0 bridgehead atoms. The zero-order valence-electron chi connectivity index (χ0n) is 12.2. The van der Waals surface area contributed by atoms with Crippen molar-refractivity contribution in [3.63, 3.8) is 0 Å². The molecule has 1 fully saturated rings. The second-order valence-electron chi connectivity index (χ2n) is 5.15. The van der Waals surface area contributed by atoms with Gasteiger partial charge in [0.05, 0.1) is 18.8 Å². The van der Waals surface area contributed by atoms with Crippen molar-refractivity contribution >= 4 is 23.5 Å². The van der Waals surface area contributed by atoms with Crippen LogP contribution < -0.4 is 0 Å². The molecular formula is C8H19O12P3. The van der Waals surface area contributed by atoms with Gasteiger partial charge in [-0.1, -0.05) is 13.8 Å². The van der Waals surface area contributed by atoms with Gasteiger partial charge in [-0.3, -0.25) is 4.52 Å². The molecule has 1 rings (SSSR count). The van der Waals surface area contributed by atoms with E-state index in [1.807, 2.05) is 13.8 Å². The predicted octanol–water partition coefficient (Wildman–Crippen LogP) is 0.504. The van der Waals surface area contributed by atoms with Crippen molar-refractivity contribution in [2.45, 2.75) is 38.6 Å². The predicted molar refractivity (Wildman–Crippen MR) is 73.9 cm³/mol. The lowest BCUT2D eigenvalue weighted by molar-refractivity contribution is -0.0328. The highest BCUT2D eigenvalue weighted by atomic mass is 31.3. The Bertz CT molecular complexity index is 542. The summed E-state index contributed by atoms with van der Waals surface area (Å²) in [4.78, 5) is 35.0. The van der Waals surface area contributed by atoms with Gasteiger partial charge in [0.25, 0.3) is 0 Å². The number of phosphoric acid groups is 3. The average Bonchev–Trinajstić information content (AvgIpc) is 2.63. The second kappa shape index (κ2) is 7.70. The van der Waals surface area contributed by atoms with E-state index in [-0.39, 0.29) is 18.4 Å². The van der Waals surface area contributed by atoms with Gasteiger partial charge in [-0.05, 0) is 5.92 Å². The van der Waals surface area contributed by atoms with Gasteiger partial charge in [-0.2, -0.15) is 8.62 Å². The Hall–Kier alpha value is 0.330. The number of hydrogen-bond acceptors (Lipinski definition) is 8. The van der Waals surface area contributed by atoms with Gasteiger partial charge in [0.2, 0.25) is 0 Å². The first kappa shape index (κ1) is 21.4. The fourth-order valence-electron chi connectivity index (χ4n) is 1.81. The molecule has 23 heavy (non-hydrogen) atoms. The van der Waals surface area contributed by atoms with Crippen LogP contribution in [0.3, 0.4) is 0 Å². The summed E-state index contributed by atoms with van der Waals surface area (Å²) < 4.78 is 50.0. The fourth-order valence-corrected chi connectivity index (χ4v) is 4.84. The smallest absolute Gasteiger partial charge is 0.390 e. The third kappa shape index (κ3) is 7.83. The van der Waals surface area contributed by atoms with E-state index in [4.69, 9.17) is 19.4 Å². The van der Waals surface area contributed by atoms with Crippen molar-refractivity contribution in [1.82, 2.24) is 0 Å². The maximum absolute atomic E-state index is 11.5. The SMILES string of the molecule is CC(C)[C@H]1C[C@@H](O)[C@@H](COP(=O)(O)OP(=O)(O)OP(=O)(O)O)O1. The minimum Gasteiger partial charge on any atom is -0.390 e. The summed E-state index contributed by atoms with van der Waals surface area (Å²) >= 11 is 0. The van der Waals surface area contributed by atoms with E-state index in [0.29, 0.717) is 0 Å². The molecule has 1 aliphatic rings. The first-order valence-corrected chi connectivity index (χ1v) is 10.8. The van der Waals surface area contributed by atoms with Crippen LogP contribution in [0.1, 0.15) is 20.3 Å². The third-order valence-corrected chi connectivity index (χ3v) is 6.62. The average molecular weight is 400 g/mol. The largest absolute Gasteiger partial charge is 0.490 e. The van der Waals surface area contributed by atoms with Crippen LogP contribution in [0.25, 0.3) is 0 Å². The van der Waals surface area contributed by atoms with E-state index < -0.39 is 42.3 Å². The zero-order chi connectivity index (χ0) is 18.1. The summed E-state index contributed by atoms with van der Waals surface area (Å²) in [6.07, 6.45) is -1.95. The molecule has 12 nitrogen and oxygen atoms in total. The standard InChI is InChI=1S/C8H19O12P3/c1-5(2)7-3-6(9)8(18-7)4-17-22(13,14)20-23(15,16)19-21(10,11)12/h5-9H,3-4H2,1-2H3,(H,13,14)(H,15,16)(H2,10,11,12)/t6-,7-,8-/m1/s1. The van der Waals surface area contributed by atoms with Crippen molar-refractivity contribution in [3.8, 4) is 0 Å². The number of aliphatic hydroxyl groups is 1. The molecule has 0 aromatic carbocycles. The van der Waals surface area contributed by atoms with Crippen LogP contribution in [0.5, 0.6) is 0 Å². The van der Waals surface area contributed by atoms with Crippen molar-refractivity contribution < 1.29 is 56.3 Å². The molecule has 1 heterocycles. The van der Waals surface area contributed by atoms with Crippen LogP contribution in [0.4, 0.5) is 0 Å². The van der Waals surface area contributed by atoms with Crippen LogP contribution in [0.15, 0.2) is 0 Å². The van der Waals surface area contributed by atoms with Gasteiger partial charge >= 0.3 is 23.5 Å². The van der Waals surface area contributed by atoms with E-state index in [0.717, 1.165) is 0 Å². The highest BCUT2D eigenvalue weighted by Gasteiger charge is 2.42. The molecule has 2 unspecified atom stereocenters. The van der Waals surface area contributed by atoms with Gasteiger partial charge < -0.3 is 29.4 Å². The van der Waals surface area contributed by atoms with Crippen molar-refractivity contribution in [2.24, 2.45) is 5.92 Å². The normalized spacial score (nSPS) is 31.0. The summed E-state index contributed by atoms with van der Waals surface area (Å²) in [5.41, 5.74) is 0. The lowest BCUT2D eigenvalue weighted by Gasteiger charge is -2.19. The molecule has 138 valence electrons. The molecular weight excluding hydrogens is 381 g/mol. The lowest BCUT2D eigenvalue weighted by Crippen LogP contribution is -2.26. The van der Waals surface area contributed by atoms with Crippen LogP contribution in [0.2, 0.25) is 0 Å². The Morgan fingerprint density at radius 2 is 1.65 bits per heavy atom. The second-order valence-corrected chi connectivity index (χ2v) is 9.57. The van der Waals surface area contributed by atoms with E-state index in [1.54, 1.807) is 0 Å². The van der Waals surface area contributed by atoms with Gasteiger partial charge in [0.15, 0.2) is 0 Å². The molecule has 0 aromatic rings. The quantitative estimate of drug-likeness (QED) is 0.355. The number of ether oxygens (including phenoxy) is 1. The Morgan fingerprint density at radius 1 is 1.09 bits per heavy atom. The van der Waals surface area contributed by atoms with Gasteiger partial charge in [-0.15, -0.1) is 0 Å². The fraction of sp³-hybridized carbons (Fsp3) is 1.00. The Labute approximate surface area is 131 Å². The molecule has 0 saturated carbocycles. The Balaban J connectivity index is 2.58. The van der Waals surface area contributed by atoms with Gasteiger partial charge in [0.1, 0.15) is 6.10 Å². The number of hydrogen-bond donors (Lipinski definition) is 5. The monoisotopic (exact) mass is 400 g/mol. The summed E-state index contributed by atoms with van der Waals surface area (Å²) in [6.45, 7) is 3.05.